The number of rotatable bonds is 7. The molecular formula is C22H23N3O4S. The Morgan fingerprint density at radius 3 is 2.63 bits per heavy atom. The Labute approximate surface area is 175 Å². The molecule has 0 aliphatic rings. The first-order chi connectivity index (χ1) is 14.3. The summed E-state index contributed by atoms with van der Waals surface area (Å²) in [5.41, 5.74) is 4.90. The lowest BCUT2D eigenvalue weighted by molar-refractivity contribution is -0.124. The minimum Gasteiger partial charge on any atom is -0.305 e. The van der Waals surface area contributed by atoms with Crippen LogP contribution in [0.3, 0.4) is 0 Å². The average molecular weight is 426 g/mol. The van der Waals surface area contributed by atoms with E-state index in [2.05, 4.69) is 4.90 Å². The third-order valence-electron chi connectivity index (χ3n) is 4.45. The van der Waals surface area contributed by atoms with Gasteiger partial charge in [-0.2, -0.15) is 0 Å². The van der Waals surface area contributed by atoms with Crippen molar-refractivity contribution < 1.29 is 18.4 Å². The predicted molar refractivity (Wildman–Crippen MR) is 115 cm³/mol. The molecule has 7 nitrogen and oxygen atoms in total. The molecule has 2 N–H and O–H groups in total. The van der Waals surface area contributed by atoms with Gasteiger partial charge in [0.25, 0.3) is 15.9 Å². The molecule has 30 heavy (non-hydrogen) atoms. The number of hydrogen-bond donors (Lipinski definition) is 2. The fourth-order valence-corrected chi connectivity index (χ4v) is 4.33. The Morgan fingerprint density at radius 2 is 1.90 bits per heavy atom. The summed E-state index contributed by atoms with van der Waals surface area (Å²) in [5, 5.41) is 8.53. The first-order valence-electron chi connectivity index (χ1n) is 9.20. The van der Waals surface area contributed by atoms with Crippen molar-refractivity contribution in [1.29, 1.82) is 0 Å². The van der Waals surface area contributed by atoms with Crippen LogP contribution in [0.1, 0.15) is 11.1 Å². The minimum absolute atomic E-state index is 0.166. The fourth-order valence-electron chi connectivity index (χ4n) is 3.08. The molecule has 0 spiro atoms. The summed E-state index contributed by atoms with van der Waals surface area (Å²) >= 11 is 0. The van der Waals surface area contributed by atoms with Gasteiger partial charge in [0, 0.05) is 25.0 Å². The van der Waals surface area contributed by atoms with Crippen LogP contribution in [0, 0.1) is 0 Å². The van der Waals surface area contributed by atoms with E-state index in [1.54, 1.807) is 24.3 Å². The molecule has 8 heteroatoms. The molecule has 2 aromatic carbocycles. The van der Waals surface area contributed by atoms with Crippen molar-refractivity contribution in [2.75, 3.05) is 14.1 Å². The summed E-state index contributed by atoms with van der Waals surface area (Å²) in [5.74, 6) is -0.699. The third-order valence-corrected chi connectivity index (χ3v) is 6.08. The number of aromatic nitrogens is 1. The maximum Gasteiger partial charge on any atom is 0.267 e. The Hall–Kier alpha value is -3.20. The quantitative estimate of drug-likeness (QED) is 0.345. The average Bonchev–Trinajstić information content (AvgIpc) is 3.22. The van der Waals surface area contributed by atoms with E-state index in [4.69, 9.17) is 5.21 Å². The molecule has 1 amide bonds. The zero-order chi connectivity index (χ0) is 21.7. The number of nitrogens with zero attached hydrogens (tertiary/aromatic N) is 2. The van der Waals surface area contributed by atoms with Crippen LogP contribution < -0.4 is 5.48 Å². The van der Waals surface area contributed by atoms with E-state index in [9.17, 15) is 13.2 Å². The summed E-state index contributed by atoms with van der Waals surface area (Å²) in [7, 11) is 0.166. The van der Waals surface area contributed by atoms with E-state index >= 15 is 0 Å². The molecule has 0 aliphatic carbocycles. The van der Waals surface area contributed by atoms with Crippen LogP contribution in [0.2, 0.25) is 0 Å². The number of hydroxylamine groups is 1. The molecule has 3 rings (SSSR count). The normalized spacial score (nSPS) is 11.9. The van der Waals surface area contributed by atoms with Crippen LogP contribution in [0.25, 0.3) is 17.2 Å². The number of benzene rings is 2. The van der Waals surface area contributed by atoms with Gasteiger partial charge in [-0.1, -0.05) is 36.4 Å². The number of amides is 1. The van der Waals surface area contributed by atoms with E-state index in [1.165, 1.54) is 23.9 Å². The van der Waals surface area contributed by atoms with Crippen LogP contribution in [0.5, 0.6) is 0 Å². The highest BCUT2D eigenvalue weighted by molar-refractivity contribution is 7.90. The highest BCUT2D eigenvalue weighted by Gasteiger charge is 2.18. The number of carbonyl (C=O) groups is 1. The smallest absolute Gasteiger partial charge is 0.267 e. The fraction of sp³-hybridized carbons (Fsp3) is 0.136. The number of carbonyl (C=O) groups excluding carboxylic acids is 1. The third kappa shape index (κ3) is 4.85. The van der Waals surface area contributed by atoms with Gasteiger partial charge in [0.2, 0.25) is 0 Å². The maximum atomic E-state index is 13.1. The first kappa shape index (κ1) is 21.5. The van der Waals surface area contributed by atoms with Crippen molar-refractivity contribution in [1.82, 2.24) is 14.4 Å². The molecule has 0 fully saturated rings. The number of nitrogens with one attached hydrogen (secondary N) is 1. The molecule has 0 aliphatic heterocycles. The lowest BCUT2D eigenvalue weighted by atomic mass is 9.99. The molecule has 3 aromatic rings. The van der Waals surface area contributed by atoms with Crippen LogP contribution in [-0.2, 0) is 21.4 Å². The Balaban J connectivity index is 1.96. The lowest BCUT2D eigenvalue weighted by Gasteiger charge is -2.15. The number of hydrogen-bond acceptors (Lipinski definition) is 5. The van der Waals surface area contributed by atoms with Gasteiger partial charge in [-0.15, -0.1) is 0 Å². The van der Waals surface area contributed by atoms with Gasteiger partial charge in [0.05, 0.1) is 4.90 Å². The van der Waals surface area contributed by atoms with Gasteiger partial charge >= 0.3 is 0 Å². The van der Waals surface area contributed by atoms with Crippen LogP contribution in [-0.4, -0.2) is 42.5 Å². The largest absolute Gasteiger partial charge is 0.305 e. The Bertz CT molecular complexity index is 1180. The molecular weight excluding hydrogens is 402 g/mol. The van der Waals surface area contributed by atoms with Crippen molar-refractivity contribution in [3.8, 4) is 11.1 Å². The summed E-state index contributed by atoms with van der Waals surface area (Å²) in [6.07, 6.45) is 5.34. The van der Waals surface area contributed by atoms with Crippen molar-refractivity contribution >= 4 is 22.0 Å². The molecule has 156 valence electrons. The minimum atomic E-state index is -3.81. The summed E-state index contributed by atoms with van der Waals surface area (Å²) in [6.45, 7) is 0.738. The summed E-state index contributed by atoms with van der Waals surface area (Å²) < 4.78 is 27.3. The first-order valence-corrected chi connectivity index (χ1v) is 10.6. The molecule has 0 atom stereocenters. The van der Waals surface area contributed by atoms with E-state index in [-0.39, 0.29) is 4.90 Å². The zero-order valence-electron chi connectivity index (χ0n) is 16.7. The van der Waals surface area contributed by atoms with Crippen LogP contribution in [0.15, 0.2) is 78.0 Å². The van der Waals surface area contributed by atoms with Crippen LogP contribution in [0.4, 0.5) is 0 Å². The van der Waals surface area contributed by atoms with Crippen molar-refractivity contribution in [2.45, 2.75) is 11.4 Å². The van der Waals surface area contributed by atoms with E-state index in [0.717, 1.165) is 33.3 Å². The predicted octanol–water partition coefficient (Wildman–Crippen LogP) is 2.97. The van der Waals surface area contributed by atoms with E-state index in [0.29, 0.717) is 5.56 Å². The van der Waals surface area contributed by atoms with Crippen molar-refractivity contribution in [3.63, 3.8) is 0 Å². The van der Waals surface area contributed by atoms with Crippen molar-refractivity contribution in [3.05, 3.63) is 84.2 Å². The van der Waals surface area contributed by atoms with Crippen LogP contribution >= 0.6 is 0 Å². The Kier molecular flexibility index (Phi) is 6.51. The van der Waals surface area contributed by atoms with E-state index < -0.39 is 15.9 Å². The topological polar surface area (TPSA) is 91.6 Å². The van der Waals surface area contributed by atoms with Gasteiger partial charge in [0.15, 0.2) is 0 Å². The second kappa shape index (κ2) is 9.08. The molecule has 0 radical (unpaired) electrons. The molecule has 0 saturated carbocycles. The highest BCUT2D eigenvalue weighted by Crippen LogP contribution is 2.27. The SMILES string of the molecule is CN(C)Cc1ccccc1-c1cccc(S(=O)(=O)n2ccc(C=CC(=O)NO)c2)c1. The van der Waals surface area contributed by atoms with Gasteiger partial charge in [-0.3, -0.25) is 10.0 Å². The molecule has 0 unspecified atom stereocenters. The standard InChI is InChI=1S/C22H23N3O4S/c1-24(2)16-19-6-3-4-9-21(19)18-7-5-8-20(14-18)30(28,29)25-13-12-17(15-25)10-11-22(26)23-27/h3-15,27H,16H2,1-2H3,(H,23,26). The molecule has 1 heterocycles. The second-order valence-corrected chi connectivity index (χ2v) is 8.86. The lowest BCUT2D eigenvalue weighted by Crippen LogP contribution is -2.14. The monoisotopic (exact) mass is 425 g/mol. The Morgan fingerprint density at radius 1 is 1.13 bits per heavy atom. The maximum absolute atomic E-state index is 13.1. The van der Waals surface area contributed by atoms with Gasteiger partial charge in [0.1, 0.15) is 0 Å². The molecule has 1 aromatic heterocycles. The van der Waals surface area contributed by atoms with E-state index in [1.807, 2.05) is 44.4 Å². The second-order valence-electron chi connectivity index (χ2n) is 7.01. The molecule has 0 bridgehead atoms. The van der Waals surface area contributed by atoms with Crippen molar-refractivity contribution in [2.24, 2.45) is 0 Å². The van der Waals surface area contributed by atoms with Gasteiger partial charge in [-0.05, 0) is 60.6 Å². The summed E-state index contributed by atoms with van der Waals surface area (Å²) in [6, 6.07) is 16.3. The molecule has 0 saturated heterocycles. The van der Waals surface area contributed by atoms with Gasteiger partial charge < -0.3 is 4.90 Å². The highest BCUT2D eigenvalue weighted by atomic mass is 32.2. The summed E-state index contributed by atoms with van der Waals surface area (Å²) in [4.78, 5) is 13.3. The zero-order valence-corrected chi connectivity index (χ0v) is 17.5. The van der Waals surface area contributed by atoms with Gasteiger partial charge in [-0.25, -0.2) is 17.9 Å².